The third kappa shape index (κ3) is 6.94. The predicted molar refractivity (Wildman–Crippen MR) is 153 cm³/mol. The second kappa shape index (κ2) is 11.6. The summed E-state index contributed by atoms with van der Waals surface area (Å²) in [6.07, 6.45) is 2.21. The number of aliphatic hydroxyl groups excluding tert-OH is 1. The average Bonchev–Trinajstić information content (AvgIpc) is 3.29. The topological polar surface area (TPSA) is 107 Å². The number of β-amino-alcohol motifs (C(OH)–C–C–N with tert-alkyl or cyclic N) is 1. The van der Waals surface area contributed by atoms with E-state index in [4.69, 9.17) is 0 Å². The Morgan fingerprint density at radius 3 is 2.28 bits per heavy atom. The fourth-order valence-electron chi connectivity index (χ4n) is 5.54. The molecule has 3 aromatic carbocycles. The van der Waals surface area contributed by atoms with E-state index in [0.29, 0.717) is 17.0 Å². The van der Waals surface area contributed by atoms with Crippen molar-refractivity contribution in [1.82, 2.24) is 9.62 Å². The number of hydrogen-bond donors (Lipinski definition) is 3. The molecule has 1 atom stereocenters. The summed E-state index contributed by atoms with van der Waals surface area (Å²) in [5.41, 5.74) is 4.84. The van der Waals surface area contributed by atoms with Gasteiger partial charge in [0.25, 0.3) is 0 Å². The number of nitrogens with one attached hydrogen (secondary N) is 1. The molecule has 1 aliphatic carbocycles. The lowest BCUT2D eigenvalue weighted by Gasteiger charge is -2.31. The van der Waals surface area contributed by atoms with E-state index in [0.717, 1.165) is 24.8 Å². The van der Waals surface area contributed by atoms with Gasteiger partial charge in [0.15, 0.2) is 0 Å². The molecular formula is C31H38N2O5S. The highest BCUT2D eigenvalue weighted by Crippen LogP contribution is 2.32. The van der Waals surface area contributed by atoms with Crippen molar-refractivity contribution in [3.05, 3.63) is 89.0 Å². The van der Waals surface area contributed by atoms with Crippen LogP contribution in [-0.2, 0) is 22.9 Å². The number of carboxylic acid groups (broad SMARTS) is 1. The summed E-state index contributed by atoms with van der Waals surface area (Å²) >= 11 is 0. The third-order valence-electron chi connectivity index (χ3n) is 7.55. The zero-order chi connectivity index (χ0) is 28.4. The number of carboxylic acids is 1. The smallest absolute Gasteiger partial charge is 0.335 e. The van der Waals surface area contributed by atoms with Crippen molar-refractivity contribution in [1.29, 1.82) is 0 Å². The van der Waals surface area contributed by atoms with Gasteiger partial charge in [-0.2, -0.15) is 4.31 Å². The Morgan fingerprint density at radius 2 is 1.67 bits per heavy atom. The Bertz CT molecular complexity index is 1430. The van der Waals surface area contributed by atoms with Gasteiger partial charge in [-0.25, -0.2) is 13.2 Å². The normalized spacial score (nSPS) is 14.9. The van der Waals surface area contributed by atoms with Gasteiger partial charge < -0.3 is 15.5 Å². The van der Waals surface area contributed by atoms with Gasteiger partial charge in [0.2, 0.25) is 10.0 Å². The Kier molecular flexibility index (Phi) is 8.61. The van der Waals surface area contributed by atoms with Crippen molar-refractivity contribution in [2.75, 3.05) is 20.1 Å². The molecule has 0 saturated carbocycles. The van der Waals surface area contributed by atoms with Crippen LogP contribution >= 0.6 is 0 Å². The molecular weight excluding hydrogens is 512 g/mol. The molecule has 208 valence electrons. The van der Waals surface area contributed by atoms with Crippen LogP contribution in [0, 0.1) is 12.8 Å². The largest absolute Gasteiger partial charge is 0.478 e. The third-order valence-corrected chi connectivity index (χ3v) is 9.37. The van der Waals surface area contributed by atoms with Crippen LogP contribution in [0.4, 0.5) is 0 Å². The summed E-state index contributed by atoms with van der Waals surface area (Å²) < 4.78 is 27.8. The van der Waals surface area contributed by atoms with Gasteiger partial charge >= 0.3 is 5.97 Å². The van der Waals surface area contributed by atoms with Crippen molar-refractivity contribution < 1.29 is 23.4 Å². The summed E-state index contributed by atoms with van der Waals surface area (Å²) in [5.74, 6) is -0.459. The van der Waals surface area contributed by atoms with E-state index in [1.165, 1.54) is 34.6 Å². The molecule has 0 heterocycles. The van der Waals surface area contributed by atoms with Gasteiger partial charge in [-0.05, 0) is 92.0 Å². The van der Waals surface area contributed by atoms with E-state index in [2.05, 4.69) is 43.4 Å². The van der Waals surface area contributed by atoms with Gasteiger partial charge in [0, 0.05) is 25.7 Å². The first-order valence-electron chi connectivity index (χ1n) is 13.3. The first-order chi connectivity index (χ1) is 18.4. The highest BCUT2D eigenvalue weighted by atomic mass is 32.2. The lowest BCUT2D eigenvalue weighted by atomic mass is 9.88. The minimum Gasteiger partial charge on any atom is -0.478 e. The molecule has 0 aromatic heterocycles. The molecule has 0 bridgehead atoms. The minimum atomic E-state index is -3.85. The highest BCUT2D eigenvalue weighted by molar-refractivity contribution is 7.89. The number of fused-ring (bicyclic) bond motifs is 1. The number of benzene rings is 3. The van der Waals surface area contributed by atoms with Gasteiger partial charge in [0.05, 0.1) is 16.6 Å². The number of sulfonamides is 1. The van der Waals surface area contributed by atoms with Crippen LogP contribution in [-0.4, -0.2) is 60.7 Å². The van der Waals surface area contributed by atoms with Crippen molar-refractivity contribution in [2.45, 2.75) is 56.6 Å². The summed E-state index contributed by atoms with van der Waals surface area (Å²) in [6.45, 7) is 6.20. The van der Waals surface area contributed by atoms with Gasteiger partial charge in [-0.3, -0.25) is 0 Å². The van der Waals surface area contributed by atoms with E-state index >= 15 is 0 Å². The van der Waals surface area contributed by atoms with Crippen molar-refractivity contribution >= 4 is 16.0 Å². The zero-order valence-electron chi connectivity index (χ0n) is 23.0. The molecule has 0 radical (unpaired) electrons. The standard InChI is InChI=1S/C31H38N2O5S/c1-21-14-26(12-13-29(21)30(35)36)25-10-7-11-28(17-25)39(37,38)33(4)20-27(34)19-32-31(2,3)18-22-15-23-8-5-6-9-24(23)16-22/h5-14,17,22,27,32,34H,15-16,18-20H2,1-4H3,(H,35,36)/t27-/m0/s1. The van der Waals surface area contributed by atoms with E-state index in [1.807, 2.05) is 0 Å². The zero-order valence-corrected chi connectivity index (χ0v) is 23.8. The number of hydrogen-bond acceptors (Lipinski definition) is 5. The number of likely N-dealkylation sites (N-methyl/N-ethyl adjacent to an activating group) is 1. The second-order valence-electron chi connectivity index (χ2n) is 11.3. The molecule has 0 amide bonds. The van der Waals surface area contributed by atoms with E-state index in [1.54, 1.807) is 37.3 Å². The quantitative estimate of drug-likeness (QED) is 0.324. The number of aryl methyl sites for hydroxylation is 1. The van der Waals surface area contributed by atoms with Crippen LogP contribution < -0.4 is 5.32 Å². The molecule has 0 spiro atoms. The van der Waals surface area contributed by atoms with Crippen LogP contribution in [0.15, 0.2) is 71.6 Å². The second-order valence-corrected chi connectivity index (χ2v) is 13.4. The van der Waals surface area contributed by atoms with Crippen LogP contribution in [0.5, 0.6) is 0 Å². The van der Waals surface area contributed by atoms with Gasteiger partial charge in [-0.1, -0.05) is 48.5 Å². The van der Waals surface area contributed by atoms with E-state index in [-0.39, 0.29) is 29.1 Å². The van der Waals surface area contributed by atoms with Crippen molar-refractivity contribution in [3.63, 3.8) is 0 Å². The molecule has 0 fully saturated rings. The molecule has 0 aliphatic heterocycles. The number of carbonyl (C=O) groups is 1. The molecule has 0 unspecified atom stereocenters. The van der Waals surface area contributed by atoms with Crippen molar-refractivity contribution in [2.24, 2.45) is 5.92 Å². The predicted octanol–water partition coefficient (Wildman–Crippen LogP) is 4.51. The SMILES string of the molecule is Cc1cc(-c2cccc(S(=O)(=O)N(C)C[C@@H](O)CNC(C)(C)CC3Cc4ccccc4C3)c2)ccc1C(=O)O. The first-order valence-corrected chi connectivity index (χ1v) is 14.7. The van der Waals surface area contributed by atoms with Crippen LogP contribution in [0.25, 0.3) is 11.1 Å². The average molecular weight is 551 g/mol. The number of rotatable bonds is 11. The molecule has 1 aliphatic rings. The summed E-state index contributed by atoms with van der Waals surface area (Å²) in [7, 11) is -2.38. The maximum absolute atomic E-state index is 13.3. The molecule has 3 N–H and O–H groups in total. The van der Waals surface area contributed by atoms with Crippen LogP contribution in [0.2, 0.25) is 0 Å². The Morgan fingerprint density at radius 1 is 1.03 bits per heavy atom. The first kappa shape index (κ1) is 29.0. The maximum atomic E-state index is 13.3. The molecule has 8 heteroatoms. The fraction of sp³-hybridized carbons (Fsp3) is 0.387. The van der Waals surface area contributed by atoms with E-state index in [9.17, 15) is 23.4 Å². The Hall–Kier alpha value is -3.04. The minimum absolute atomic E-state index is 0.0447. The molecule has 4 rings (SSSR count). The summed E-state index contributed by atoms with van der Waals surface area (Å²) in [6, 6.07) is 20.1. The van der Waals surface area contributed by atoms with Crippen LogP contribution in [0.3, 0.4) is 0 Å². The lowest BCUT2D eigenvalue weighted by Crippen LogP contribution is -2.47. The Labute approximate surface area is 231 Å². The van der Waals surface area contributed by atoms with E-state index < -0.39 is 22.1 Å². The van der Waals surface area contributed by atoms with Gasteiger partial charge in [-0.15, -0.1) is 0 Å². The number of aromatic carboxylic acids is 1. The Balaban J connectivity index is 1.35. The molecule has 39 heavy (non-hydrogen) atoms. The maximum Gasteiger partial charge on any atom is 0.335 e. The molecule has 7 nitrogen and oxygen atoms in total. The van der Waals surface area contributed by atoms with Gasteiger partial charge in [0.1, 0.15) is 0 Å². The van der Waals surface area contributed by atoms with Crippen LogP contribution in [0.1, 0.15) is 47.3 Å². The number of nitrogens with zero attached hydrogens (tertiary/aromatic N) is 1. The molecule has 0 saturated heterocycles. The fourth-order valence-corrected chi connectivity index (χ4v) is 6.80. The molecule has 3 aromatic rings. The summed E-state index contributed by atoms with van der Waals surface area (Å²) in [5, 5.41) is 23.4. The number of aliphatic hydroxyl groups is 1. The summed E-state index contributed by atoms with van der Waals surface area (Å²) in [4.78, 5) is 11.4. The monoisotopic (exact) mass is 550 g/mol. The highest BCUT2D eigenvalue weighted by Gasteiger charge is 2.29. The van der Waals surface area contributed by atoms with Crippen molar-refractivity contribution in [3.8, 4) is 11.1 Å². The lowest BCUT2D eigenvalue weighted by molar-refractivity contribution is 0.0696.